The van der Waals surface area contributed by atoms with E-state index in [9.17, 15) is 22.8 Å². The molecule has 2 amide bonds. The molecule has 1 aromatic carbocycles. The third kappa shape index (κ3) is 6.63. The minimum absolute atomic E-state index is 0.0352. The molecule has 0 radical (unpaired) electrons. The fourth-order valence-corrected chi connectivity index (χ4v) is 4.74. The summed E-state index contributed by atoms with van der Waals surface area (Å²) in [6, 6.07) is 11.0. The minimum atomic E-state index is -4.49. The van der Waals surface area contributed by atoms with Gasteiger partial charge in [-0.2, -0.15) is 18.3 Å². The van der Waals surface area contributed by atoms with Crippen molar-refractivity contribution in [2.24, 2.45) is 0 Å². The maximum Gasteiger partial charge on any atom is 0.414 e. The van der Waals surface area contributed by atoms with E-state index < -0.39 is 36.4 Å². The molecule has 1 saturated carbocycles. The van der Waals surface area contributed by atoms with Crippen LogP contribution in [-0.2, 0) is 20.7 Å². The van der Waals surface area contributed by atoms with Crippen LogP contribution in [0, 0.1) is 0 Å². The Labute approximate surface area is 214 Å². The maximum absolute atomic E-state index is 13.5. The molecule has 2 heterocycles. The lowest BCUT2D eigenvalue weighted by molar-refractivity contribution is -0.245. The number of methoxy groups -OCH3 is 1. The zero-order chi connectivity index (χ0) is 26.6. The number of hydrogen-bond acceptors (Lipinski definition) is 5. The fourth-order valence-electron chi connectivity index (χ4n) is 4.74. The number of para-hydroxylation sites is 1. The number of alkyl halides is 3. The molecule has 2 aromatic rings. The van der Waals surface area contributed by atoms with Crippen LogP contribution in [0.4, 0.5) is 18.0 Å². The average molecular weight is 523 g/mol. The number of hydrogen-bond donors (Lipinski definition) is 1. The van der Waals surface area contributed by atoms with E-state index in [2.05, 4.69) is 10.1 Å². The molecule has 1 aliphatic heterocycles. The Morgan fingerprint density at radius 1 is 1.22 bits per heavy atom. The number of halogens is 3. The molecular weight excluding hydrogens is 489 g/mol. The molecule has 1 aliphatic carbocycles. The summed E-state index contributed by atoms with van der Waals surface area (Å²) in [5, 5.41) is 7.47. The highest BCUT2D eigenvalue weighted by molar-refractivity contribution is 5.82. The minimum Gasteiger partial charge on any atom is -0.453 e. The molecule has 37 heavy (non-hydrogen) atoms. The Hall–Kier alpha value is -3.08. The van der Waals surface area contributed by atoms with Crippen LogP contribution in [0.25, 0.3) is 5.69 Å². The van der Waals surface area contributed by atoms with E-state index in [1.807, 2.05) is 48.0 Å². The summed E-state index contributed by atoms with van der Waals surface area (Å²) in [6.45, 7) is 2.28. The van der Waals surface area contributed by atoms with E-state index >= 15 is 0 Å². The second kappa shape index (κ2) is 11.5. The molecule has 1 saturated heterocycles. The summed E-state index contributed by atoms with van der Waals surface area (Å²) in [4.78, 5) is 26.5. The molecule has 2 fully saturated rings. The van der Waals surface area contributed by atoms with Crippen LogP contribution in [0.2, 0.25) is 0 Å². The Bertz CT molecular complexity index is 1070. The Morgan fingerprint density at radius 3 is 2.59 bits per heavy atom. The predicted octanol–water partition coefficient (Wildman–Crippen LogP) is 4.71. The van der Waals surface area contributed by atoms with Gasteiger partial charge in [0.1, 0.15) is 6.10 Å². The normalized spacial score (nSPS) is 20.8. The van der Waals surface area contributed by atoms with Crippen LogP contribution in [0.1, 0.15) is 62.9 Å². The summed E-state index contributed by atoms with van der Waals surface area (Å²) < 4.78 is 51.5. The zero-order valence-electron chi connectivity index (χ0n) is 21.0. The first kappa shape index (κ1) is 27.0. The number of nitrogens with zero attached hydrogens (tertiary/aromatic N) is 3. The van der Waals surface area contributed by atoms with Gasteiger partial charge in [0.05, 0.1) is 24.5 Å². The third-order valence-electron chi connectivity index (χ3n) is 6.81. The Morgan fingerprint density at radius 2 is 1.95 bits per heavy atom. The molecule has 0 bridgehead atoms. The van der Waals surface area contributed by atoms with Crippen molar-refractivity contribution in [1.29, 1.82) is 0 Å². The number of carbonyl (C=O) groups is 2. The fraction of sp³-hybridized carbons (Fsp3) is 0.577. The van der Waals surface area contributed by atoms with Crippen molar-refractivity contribution < 1.29 is 32.2 Å². The van der Waals surface area contributed by atoms with Gasteiger partial charge in [0.2, 0.25) is 0 Å². The zero-order valence-corrected chi connectivity index (χ0v) is 21.0. The number of carbonyl (C=O) groups excluding carboxylic acids is 2. The first-order valence-corrected chi connectivity index (χ1v) is 12.7. The molecule has 2 aliphatic rings. The van der Waals surface area contributed by atoms with Gasteiger partial charge in [-0.15, -0.1) is 0 Å². The van der Waals surface area contributed by atoms with Gasteiger partial charge in [-0.25, -0.2) is 9.48 Å². The number of ether oxygens (including phenoxy) is 2. The number of aryl methyl sites for hydroxylation is 1. The van der Waals surface area contributed by atoms with Crippen LogP contribution < -0.4 is 5.32 Å². The average Bonchev–Trinajstić information content (AvgIpc) is 3.64. The van der Waals surface area contributed by atoms with Crippen LogP contribution >= 0.6 is 0 Å². The molecule has 202 valence electrons. The molecule has 8 nitrogen and oxygen atoms in total. The molecule has 4 rings (SSSR count). The standard InChI is InChI=1S/C26H33F3N4O4/c1-17(32(18-13-14-18)24(34)22-11-6-12-23(37-22)26(27,28)29)21-16-20(10-7-15-30-25(35)36-2)33(31-21)19-8-4-3-5-9-19/h3-5,8-9,16-18,22-23H,6-7,10-15H2,1-2H3,(H,30,35)/t17-,22-,23+/m1/s1. The van der Waals surface area contributed by atoms with Gasteiger partial charge in [0.25, 0.3) is 5.91 Å². The smallest absolute Gasteiger partial charge is 0.414 e. The number of aromatic nitrogens is 2. The Balaban J connectivity index is 1.54. The quantitative estimate of drug-likeness (QED) is 0.482. The SMILES string of the molecule is COC(=O)NCCCc1cc([C@@H](C)N(C(=O)[C@H]2CCC[C@@H](C(F)(F)F)O2)C2CC2)nn1-c1ccccc1. The number of benzene rings is 1. The van der Waals surface area contributed by atoms with Crippen molar-refractivity contribution in [1.82, 2.24) is 20.0 Å². The summed E-state index contributed by atoms with van der Waals surface area (Å²) in [5.41, 5.74) is 2.40. The van der Waals surface area contributed by atoms with E-state index in [0.29, 0.717) is 31.5 Å². The van der Waals surface area contributed by atoms with Gasteiger partial charge in [-0.05, 0) is 70.1 Å². The van der Waals surface area contributed by atoms with Gasteiger partial charge >= 0.3 is 12.3 Å². The van der Waals surface area contributed by atoms with Gasteiger partial charge in [-0.1, -0.05) is 18.2 Å². The van der Waals surface area contributed by atoms with Gasteiger partial charge in [-0.3, -0.25) is 4.79 Å². The first-order chi connectivity index (χ1) is 17.7. The molecule has 0 unspecified atom stereocenters. The number of nitrogens with one attached hydrogen (secondary N) is 1. The lowest BCUT2D eigenvalue weighted by atomic mass is 10.0. The highest BCUT2D eigenvalue weighted by Gasteiger charge is 2.47. The second-order valence-electron chi connectivity index (χ2n) is 9.57. The molecule has 1 aromatic heterocycles. The van der Waals surface area contributed by atoms with E-state index in [-0.39, 0.29) is 18.9 Å². The highest BCUT2D eigenvalue weighted by atomic mass is 19.4. The lowest BCUT2D eigenvalue weighted by Gasteiger charge is -2.36. The largest absolute Gasteiger partial charge is 0.453 e. The van der Waals surface area contributed by atoms with Crippen molar-refractivity contribution in [3.8, 4) is 5.69 Å². The topological polar surface area (TPSA) is 85.7 Å². The Kier molecular flexibility index (Phi) is 8.41. The van der Waals surface area contributed by atoms with E-state index in [1.165, 1.54) is 7.11 Å². The highest BCUT2D eigenvalue weighted by Crippen LogP contribution is 2.38. The van der Waals surface area contributed by atoms with Crippen LogP contribution in [0.3, 0.4) is 0 Å². The van der Waals surface area contributed by atoms with Crippen molar-refractivity contribution in [3.05, 3.63) is 47.8 Å². The number of alkyl carbamates (subject to hydrolysis) is 1. The van der Waals surface area contributed by atoms with Gasteiger partial charge < -0.3 is 19.7 Å². The predicted molar refractivity (Wildman–Crippen MR) is 129 cm³/mol. The third-order valence-corrected chi connectivity index (χ3v) is 6.81. The second-order valence-corrected chi connectivity index (χ2v) is 9.57. The van der Waals surface area contributed by atoms with Crippen LogP contribution in [0.15, 0.2) is 36.4 Å². The summed E-state index contributed by atoms with van der Waals surface area (Å²) in [5.74, 6) is -0.401. The summed E-state index contributed by atoms with van der Waals surface area (Å²) in [7, 11) is 1.31. The maximum atomic E-state index is 13.5. The van der Waals surface area contributed by atoms with Crippen LogP contribution in [-0.4, -0.2) is 64.8 Å². The number of rotatable bonds is 9. The van der Waals surface area contributed by atoms with E-state index in [1.54, 1.807) is 4.90 Å². The first-order valence-electron chi connectivity index (χ1n) is 12.7. The molecule has 0 spiro atoms. The van der Waals surface area contributed by atoms with Gasteiger partial charge in [0, 0.05) is 18.3 Å². The molecule has 11 heteroatoms. The molecule has 3 atom stereocenters. The van der Waals surface area contributed by atoms with Crippen molar-refractivity contribution in [2.75, 3.05) is 13.7 Å². The van der Waals surface area contributed by atoms with Gasteiger partial charge in [0.15, 0.2) is 6.10 Å². The lowest BCUT2D eigenvalue weighted by Crippen LogP contribution is -2.48. The molecule has 1 N–H and O–H groups in total. The van der Waals surface area contributed by atoms with Crippen molar-refractivity contribution >= 4 is 12.0 Å². The summed E-state index contributed by atoms with van der Waals surface area (Å²) >= 11 is 0. The monoisotopic (exact) mass is 522 g/mol. The van der Waals surface area contributed by atoms with Crippen molar-refractivity contribution in [2.45, 2.75) is 82.3 Å². The number of amides is 2. The van der Waals surface area contributed by atoms with Crippen molar-refractivity contribution in [3.63, 3.8) is 0 Å². The summed E-state index contributed by atoms with van der Waals surface area (Å²) in [6.07, 6.45) is -4.70. The molecular formula is C26H33F3N4O4. The van der Waals surface area contributed by atoms with E-state index in [4.69, 9.17) is 9.84 Å². The van der Waals surface area contributed by atoms with E-state index in [0.717, 1.165) is 24.2 Å². The van der Waals surface area contributed by atoms with Crippen LogP contribution in [0.5, 0.6) is 0 Å².